The van der Waals surface area contributed by atoms with Crippen LogP contribution < -0.4 is 9.47 Å². The van der Waals surface area contributed by atoms with E-state index in [1.165, 1.54) is 0 Å². The Hall–Kier alpha value is -3.41. The number of hydrogen-bond acceptors (Lipinski definition) is 6. The molecule has 172 valence electrons. The number of Topliss-reactive ketones (excluding diaryl/α,β-unsaturated/α-hetero) is 1. The predicted octanol–water partition coefficient (Wildman–Crippen LogP) is 4.84. The topological polar surface area (TPSA) is 74.2 Å². The average Bonchev–Trinajstić information content (AvgIpc) is 2.83. The molecule has 0 saturated heterocycles. The highest BCUT2D eigenvalue weighted by molar-refractivity contribution is 6.09. The fourth-order valence-electron chi connectivity index (χ4n) is 4.98. The van der Waals surface area contributed by atoms with Crippen LogP contribution in [0.5, 0.6) is 11.5 Å². The molecule has 3 atom stereocenters. The van der Waals surface area contributed by atoms with Gasteiger partial charge in [0.15, 0.2) is 5.78 Å². The van der Waals surface area contributed by atoms with Gasteiger partial charge in [0.1, 0.15) is 17.4 Å². The molecule has 2 aromatic rings. The lowest BCUT2D eigenvalue weighted by atomic mass is 9.69. The fourth-order valence-corrected chi connectivity index (χ4v) is 4.98. The maximum absolute atomic E-state index is 13.6. The molecule has 3 unspecified atom stereocenters. The Labute approximate surface area is 194 Å². The second-order valence-corrected chi connectivity index (χ2v) is 8.37. The number of carbonyl (C=O) groups excluding carboxylic acids is 2. The van der Waals surface area contributed by atoms with Crippen LogP contribution in [-0.4, -0.2) is 38.3 Å². The summed E-state index contributed by atoms with van der Waals surface area (Å²) in [5.41, 5.74) is 3.81. The van der Waals surface area contributed by atoms with Gasteiger partial charge in [0.25, 0.3) is 0 Å². The number of allylic oxidation sites excluding steroid dienone is 2. The van der Waals surface area contributed by atoms with Crippen molar-refractivity contribution < 1.29 is 23.8 Å². The van der Waals surface area contributed by atoms with Gasteiger partial charge in [-0.05, 0) is 49.9 Å². The van der Waals surface area contributed by atoms with Crippen molar-refractivity contribution in [1.29, 1.82) is 0 Å². The fraction of sp³-hybridized carbons (Fsp3) is 0.370. The van der Waals surface area contributed by atoms with Crippen LogP contribution in [-0.2, 0) is 14.3 Å². The molecule has 0 fully saturated rings. The lowest BCUT2D eigenvalue weighted by molar-refractivity contribution is -0.146. The van der Waals surface area contributed by atoms with E-state index in [2.05, 4.69) is 0 Å². The molecule has 6 heteroatoms. The summed E-state index contributed by atoms with van der Waals surface area (Å²) in [7, 11) is 3.17. The minimum Gasteiger partial charge on any atom is -0.497 e. The number of esters is 1. The molecule has 0 aromatic heterocycles. The zero-order valence-electron chi connectivity index (χ0n) is 19.5. The van der Waals surface area contributed by atoms with E-state index in [9.17, 15) is 9.59 Å². The third-order valence-corrected chi connectivity index (χ3v) is 6.47. The van der Waals surface area contributed by atoms with Crippen molar-refractivity contribution in [3.63, 3.8) is 0 Å². The summed E-state index contributed by atoms with van der Waals surface area (Å²) in [6, 6.07) is 15.5. The highest BCUT2D eigenvalue weighted by Gasteiger charge is 2.45. The quantitative estimate of drug-likeness (QED) is 0.593. The van der Waals surface area contributed by atoms with E-state index in [-0.39, 0.29) is 18.3 Å². The zero-order valence-corrected chi connectivity index (χ0v) is 19.5. The molecule has 0 bridgehead atoms. The summed E-state index contributed by atoms with van der Waals surface area (Å²) >= 11 is 0. The number of nitrogens with zero attached hydrogens (tertiary/aromatic N) is 1. The number of ether oxygens (including phenoxy) is 3. The van der Waals surface area contributed by atoms with Gasteiger partial charge in [-0.1, -0.05) is 30.3 Å². The van der Waals surface area contributed by atoms with Crippen molar-refractivity contribution in [2.45, 2.75) is 38.5 Å². The molecule has 0 radical (unpaired) electrons. The van der Waals surface area contributed by atoms with Gasteiger partial charge in [-0.25, -0.2) is 0 Å². The molecule has 0 saturated carbocycles. The molecule has 2 aliphatic rings. The van der Waals surface area contributed by atoms with E-state index in [0.29, 0.717) is 35.6 Å². The Balaban J connectivity index is 1.87. The van der Waals surface area contributed by atoms with Crippen LogP contribution in [0.1, 0.15) is 49.7 Å². The number of rotatable bonds is 6. The van der Waals surface area contributed by atoms with Crippen molar-refractivity contribution in [1.82, 2.24) is 0 Å². The van der Waals surface area contributed by atoms with Crippen molar-refractivity contribution >= 4 is 17.5 Å². The standard InChI is InChI=1S/C27H29NO5/c1-5-33-27(30)24-16(2)28-21-13-18(17-9-7-6-8-10-17)14-22(29)26(21)25(24)20-15-19(31-3)11-12-23(20)32-4/h6-12,15,18,24-25H,5,13-14H2,1-4H3. The number of hydrogen-bond donors (Lipinski definition) is 0. The van der Waals surface area contributed by atoms with Gasteiger partial charge in [-0.3, -0.25) is 14.6 Å². The largest absolute Gasteiger partial charge is 0.497 e. The number of benzene rings is 2. The van der Waals surface area contributed by atoms with Crippen molar-refractivity contribution in [3.8, 4) is 11.5 Å². The first kappa shape index (κ1) is 22.8. The first-order valence-corrected chi connectivity index (χ1v) is 11.2. The average molecular weight is 448 g/mol. The number of aliphatic imine (C=N–C) groups is 1. The molecule has 4 rings (SSSR count). The Morgan fingerprint density at radius 1 is 1.06 bits per heavy atom. The van der Waals surface area contributed by atoms with E-state index in [4.69, 9.17) is 19.2 Å². The molecule has 0 amide bonds. The van der Waals surface area contributed by atoms with E-state index >= 15 is 0 Å². The third kappa shape index (κ3) is 4.30. The SMILES string of the molecule is CCOC(=O)C1C(C)=NC2=C(C(=O)CC(c3ccccc3)C2)C1c1cc(OC)ccc1OC. The van der Waals surface area contributed by atoms with Gasteiger partial charge in [0.2, 0.25) is 0 Å². The predicted molar refractivity (Wildman–Crippen MR) is 126 cm³/mol. The van der Waals surface area contributed by atoms with E-state index < -0.39 is 17.8 Å². The van der Waals surface area contributed by atoms with Crippen molar-refractivity contribution in [3.05, 3.63) is 70.9 Å². The second-order valence-electron chi connectivity index (χ2n) is 8.37. The van der Waals surface area contributed by atoms with Gasteiger partial charge in [-0.2, -0.15) is 0 Å². The Kier molecular flexibility index (Phi) is 6.63. The van der Waals surface area contributed by atoms with Crippen LogP contribution in [0.3, 0.4) is 0 Å². The van der Waals surface area contributed by atoms with Gasteiger partial charge in [0, 0.05) is 34.9 Å². The highest BCUT2D eigenvalue weighted by Crippen LogP contribution is 2.49. The number of carbonyl (C=O) groups is 2. The number of ketones is 1. The Morgan fingerprint density at radius 3 is 2.48 bits per heavy atom. The molecule has 2 aromatic carbocycles. The van der Waals surface area contributed by atoms with Crippen LogP contribution in [0.25, 0.3) is 0 Å². The van der Waals surface area contributed by atoms with Crippen molar-refractivity contribution in [2.75, 3.05) is 20.8 Å². The lowest BCUT2D eigenvalue weighted by Gasteiger charge is -2.37. The summed E-state index contributed by atoms with van der Waals surface area (Å²) in [5, 5.41) is 0. The summed E-state index contributed by atoms with van der Waals surface area (Å²) in [4.78, 5) is 31.5. The van der Waals surface area contributed by atoms with Crippen LogP contribution in [0.4, 0.5) is 0 Å². The molecule has 1 heterocycles. The molecular formula is C27H29NO5. The summed E-state index contributed by atoms with van der Waals surface area (Å²) < 4.78 is 16.5. The van der Waals surface area contributed by atoms with Crippen LogP contribution in [0.15, 0.2) is 64.8 Å². The lowest BCUT2D eigenvalue weighted by Crippen LogP contribution is -2.38. The third-order valence-electron chi connectivity index (χ3n) is 6.47. The minimum atomic E-state index is -0.707. The first-order valence-electron chi connectivity index (χ1n) is 11.2. The van der Waals surface area contributed by atoms with E-state index in [1.54, 1.807) is 33.3 Å². The summed E-state index contributed by atoms with van der Waals surface area (Å²) in [6.07, 6.45) is 1.01. The molecule has 0 N–H and O–H groups in total. The monoisotopic (exact) mass is 447 g/mol. The molecule has 1 aliphatic heterocycles. The van der Waals surface area contributed by atoms with E-state index in [1.807, 2.05) is 43.3 Å². The minimum absolute atomic E-state index is 0.00512. The van der Waals surface area contributed by atoms with Crippen LogP contribution in [0.2, 0.25) is 0 Å². The van der Waals surface area contributed by atoms with Gasteiger partial charge in [-0.15, -0.1) is 0 Å². The first-order chi connectivity index (χ1) is 16.0. The summed E-state index contributed by atoms with van der Waals surface area (Å²) in [5.74, 6) is -0.367. The summed E-state index contributed by atoms with van der Waals surface area (Å²) in [6.45, 7) is 3.86. The molecule has 6 nitrogen and oxygen atoms in total. The Bertz CT molecular complexity index is 1120. The van der Waals surface area contributed by atoms with Gasteiger partial charge >= 0.3 is 5.97 Å². The molecule has 0 spiro atoms. The van der Waals surface area contributed by atoms with Crippen LogP contribution in [0, 0.1) is 5.92 Å². The highest BCUT2D eigenvalue weighted by atomic mass is 16.5. The molecular weight excluding hydrogens is 418 g/mol. The van der Waals surface area contributed by atoms with Crippen molar-refractivity contribution in [2.24, 2.45) is 10.9 Å². The second kappa shape index (κ2) is 9.61. The normalized spacial score (nSPS) is 22.4. The Morgan fingerprint density at radius 2 is 1.82 bits per heavy atom. The van der Waals surface area contributed by atoms with Crippen LogP contribution >= 0.6 is 0 Å². The van der Waals surface area contributed by atoms with Gasteiger partial charge < -0.3 is 14.2 Å². The molecule has 33 heavy (non-hydrogen) atoms. The van der Waals surface area contributed by atoms with E-state index in [0.717, 1.165) is 16.8 Å². The zero-order chi connectivity index (χ0) is 23.5. The number of methoxy groups -OCH3 is 2. The molecule has 1 aliphatic carbocycles. The smallest absolute Gasteiger partial charge is 0.315 e. The maximum atomic E-state index is 13.6. The van der Waals surface area contributed by atoms with Gasteiger partial charge in [0.05, 0.1) is 20.8 Å². The maximum Gasteiger partial charge on any atom is 0.315 e.